The van der Waals surface area contributed by atoms with Crippen LogP contribution in [0.1, 0.15) is 24.8 Å². The number of hydrogen-bond donors (Lipinski definition) is 2. The highest BCUT2D eigenvalue weighted by Gasteiger charge is 2.26. The summed E-state index contributed by atoms with van der Waals surface area (Å²) >= 11 is 1.58. The standard InChI is InChI=1S/C22H29N3O3S2/c1-17-8-10-20(11-9-17)30(27,28)24-21(12-15-29-2)22(26)23-18-6-5-7-19(16-18)25-13-3-4-14-25/h5-11,16,21,24H,3-4,12-15H2,1-2H3,(H,23,26). The summed E-state index contributed by atoms with van der Waals surface area (Å²) in [6, 6.07) is 13.5. The number of carbonyl (C=O) groups is 1. The molecule has 2 aromatic rings. The number of nitrogens with zero attached hydrogens (tertiary/aromatic N) is 1. The fourth-order valence-electron chi connectivity index (χ4n) is 3.44. The minimum absolute atomic E-state index is 0.158. The normalized spacial score (nSPS) is 15.2. The molecule has 0 spiro atoms. The van der Waals surface area contributed by atoms with Crippen LogP contribution in [0.15, 0.2) is 53.4 Å². The van der Waals surface area contributed by atoms with Crippen LogP contribution in [0, 0.1) is 6.92 Å². The minimum Gasteiger partial charge on any atom is -0.371 e. The zero-order valence-corrected chi connectivity index (χ0v) is 19.1. The van der Waals surface area contributed by atoms with E-state index >= 15 is 0 Å². The predicted molar refractivity (Wildman–Crippen MR) is 125 cm³/mol. The Morgan fingerprint density at radius 1 is 1.13 bits per heavy atom. The van der Waals surface area contributed by atoms with Gasteiger partial charge in [0.1, 0.15) is 6.04 Å². The van der Waals surface area contributed by atoms with Crippen LogP contribution in [-0.4, -0.2) is 45.5 Å². The van der Waals surface area contributed by atoms with Crippen molar-refractivity contribution in [2.75, 3.05) is 35.3 Å². The van der Waals surface area contributed by atoms with Crippen molar-refractivity contribution in [3.05, 3.63) is 54.1 Å². The Labute approximate surface area is 183 Å². The molecule has 30 heavy (non-hydrogen) atoms. The van der Waals surface area contributed by atoms with E-state index in [9.17, 15) is 13.2 Å². The lowest BCUT2D eigenvalue weighted by molar-refractivity contribution is -0.117. The summed E-state index contributed by atoms with van der Waals surface area (Å²) in [7, 11) is -3.79. The smallest absolute Gasteiger partial charge is 0.242 e. The third kappa shape index (κ3) is 6.00. The number of hydrogen-bond acceptors (Lipinski definition) is 5. The first kappa shape index (κ1) is 22.7. The van der Waals surface area contributed by atoms with Gasteiger partial charge in [-0.15, -0.1) is 0 Å². The first-order chi connectivity index (χ1) is 14.4. The number of carbonyl (C=O) groups excluding carboxylic acids is 1. The van der Waals surface area contributed by atoms with Crippen LogP contribution in [0.2, 0.25) is 0 Å². The topological polar surface area (TPSA) is 78.5 Å². The molecule has 1 unspecified atom stereocenters. The summed E-state index contributed by atoms with van der Waals surface area (Å²) in [6.45, 7) is 3.93. The molecule has 0 aliphatic carbocycles. The Morgan fingerprint density at radius 2 is 1.83 bits per heavy atom. The molecule has 1 heterocycles. The average molecular weight is 448 g/mol. The van der Waals surface area contributed by atoms with E-state index in [1.165, 1.54) is 12.8 Å². The average Bonchev–Trinajstić information content (AvgIpc) is 3.26. The molecule has 0 bridgehead atoms. The molecule has 1 aliphatic rings. The maximum absolute atomic E-state index is 13.0. The number of anilines is 2. The zero-order valence-electron chi connectivity index (χ0n) is 17.4. The summed E-state index contributed by atoms with van der Waals surface area (Å²) in [4.78, 5) is 15.4. The summed E-state index contributed by atoms with van der Waals surface area (Å²) in [5.74, 6) is 0.320. The first-order valence-electron chi connectivity index (χ1n) is 10.1. The lowest BCUT2D eigenvalue weighted by atomic mass is 10.2. The van der Waals surface area contributed by atoms with Crippen LogP contribution >= 0.6 is 11.8 Å². The third-order valence-electron chi connectivity index (χ3n) is 5.14. The van der Waals surface area contributed by atoms with Gasteiger partial charge < -0.3 is 10.2 Å². The van der Waals surface area contributed by atoms with Gasteiger partial charge in [0.05, 0.1) is 4.90 Å². The maximum atomic E-state index is 13.0. The van der Waals surface area contributed by atoms with Crippen LogP contribution < -0.4 is 14.9 Å². The molecule has 1 aliphatic heterocycles. The van der Waals surface area contributed by atoms with Crippen molar-refractivity contribution in [2.45, 2.75) is 37.1 Å². The Morgan fingerprint density at radius 3 is 2.50 bits per heavy atom. The van der Waals surface area contributed by atoms with E-state index in [-0.39, 0.29) is 10.8 Å². The third-order valence-corrected chi connectivity index (χ3v) is 7.27. The highest BCUT2D eigenvalue weighted by molar-refractivity contribution is 7.98. The van der Waals surface area contributed by atoms with Gasteiger partial charge in [-0.2, -0.15) is 16.5 Å². The Kier molecular flexibility index (Phi) is 7.80. The number of sulfonamides is 1. The summed E-state index contributed by atoms with van der Waals surface area (Å²) < 4.78 is 28.2. The van der Waals surface area contributed by atoms with E-state index in [1.807, 2.05) is 37.4 Å². The first-order valence-corrected chi connectivity index (χ1v) is 13.0. The molecule has 3 rings (SSSR count). The van der Waals surface area contributed by atoms with E-state index in [1.54, 1.807) is 36.0 Å². The second-order valence-electron chi connectivity index (χ2n) is 7.50. The highest BCUT2D eigenvalue weighted by atomic mass is 32.2. The number of nitrogens with one attached hydrogen (secondary N) is 2. The van der Waals surface area contributed by atoms with Crippen LogP contribution in [-0.2, 0) is 14.8 Å². The second kappa shape index (κ2) is 10.3. The molecule has 0 radical (unpaired) electrons. The molecule has 1 amide bonds. The number of benzene rings is 2. The fourth-order valence-corrected chi connectivity index (χ4v) is 5.14. The largest absolute Gasteiger partial charge is 0.371 e. The van der Waals surface area contributed by atoms with Crippen molar-refractivity contribution in [3.63, 3.8) is 0 Å². The molecule has 1 atom stereocenters. The SMILES string of the molecule is CSCCC(NS(=O)(=O)c1ccc(C)cc1)C(=O)Nc1cccc(N2CCCC2)c1. The molecule has 1 fully saturated rings. The molecule has 8 heteroatoms. The van der Waals surface area contributed by atoms with Gasteiger partial charge in [-0.05, 0) is 68.5 Å². The van der Waals surface area contributed by atoms with E-state index in [0.717, 1.165) is 24.3 Å². The second-order valence-corrected chi connectivity index (χ2v) is 10.2. The highest BCUT2D eigenvalue weighted by Crippen LogP contribution is 2.23. The van der Waals surface area contributed by atoms with Crippen molar-refractivity contribution < 1.29 is 13.2 Å². The molecule has 1 saturated heterocycles. The van der Waals surface area contributed by atoms with Crippen molar-refractivity contribution in [3.8, 4) is 0 Å². The maximum Gasteiger partial charge on any atom is 0.242 e. The lowest BCUT2D eigenvalue weighted by Gasteiger charge is -2.20. The van der Waals surface area contributed by atoms with Crippen LogP contribution in [0.25, 0.3) is 0 Å². The van der Waals surface area contributed by atoms with Gasteiger partial charge in [0.2, 0.25) is 15.9 Å². The van der Waals surface area contributed by atoms with Crippen LogP contribution in [0.3, 0.4) is 0 Å². The number of thioether (sulfide) groups is 1. The zero-order chi connectivity index (χ0) is 21.6. The monoisotopic (exact) mass is 447 g/mol. The number of rotatable bonds is 9. The summed E-state index contributed by atoms with van der Waals surface area (Å²) in [5.41, 5.74) is 2.72. The number of amides is 1. The molecular weight excluding hydrogens is 418 g/mol. The van der Waals surface area contributed by atoms with Crippen LogP contribution in [0.5, 0.6) is 0 Å². The van der Waals surface area contributed by atoms with E-state index in [0.29, 0.717) is 17.9 Å². The molecule has 0 aromatic heterocycles. The molecule has 0 saturated carbocycles. The molecule has 2 aromatic carbocycles. The molecule has 6 nitrogen and oxygen atoms in total. The van der Waals surface area contributed by atoms with Gasteiger partial charge in [0.25, 0.3) is 0 Å². The van der Waals surface area contributed by atoms with Crippen LogP contribution in [0.4, 0.5) is 11.4 Å². The molecule has 2 N–H and O–H groups in total. The quantitative estimate of drug-likeness (QED) is 0.614. The summed E-state index contributed by atoms with van der Waals surface area (Å²) in [5, 5.41) is 2.90. The molecule has 162 valence electrons. The predicted octanol–water partition coefficient (Wildman–Crippen LogP) is 3.63. The van der Waals surface area contributed by atoms with Crippen molar-refractivity contribution in [2.24, 2.45) is 0 Å². The Bertz CT molecular complexity index is 956. The van der Waals surface area contributed by atoms with Gasteiger partial charge in [-0.25, -0.2) is 8.42 Å². The van der Waals surface area contributed by atoms with E-state index < -0.39 is 16.1 Å². The van der Waals surface area contributed by atoms with E-state index in [2.05, 4.69) is 14.9 Å². The van der Waals surface area contributed by atoms with Crippen molar-refractivity contribution in [1.29, 1.82) is 0 Å². The van der Waals surface area contributed by atoms with Gasteiger partial charge in [-0.3, -0.25) is 4.79 Å². The van der Waals surface area contributed by atoms with Gasteiger partial charge in [-0.1, -0.05) is 23.8 Å². The fraction of sp³-hybridized carbons (Fsp3) is 0.409. The summed E-state index contributed by atoms with van der Waals surface area (Å²) in [6.07, 6.45) is 4.69. The van der Waals surface area contributed by atoms with Gasteiger partial charge >= 0.3 is 0 Å². The van der Waals surface area contributed by atoms with Crippen molar-refractivity contribution >= 4 is 39.1 Å². The minimum atomic E-state index is -3.79. The molecular formula is C22H29N3O3S2. The Hall–Kier alpha value is -2.03. The van der Waals surface area contributed by atoms with Gasteiger partial charge in [0, 0.05) is 24.5 Å². The van der Waals surface area contributed by atoms with Crippen molar-refractivity contribution in [1.82, 2.24) is 4.72 Å². The Balaban J connectivity index is 1.73. The lowest BCUT2D eigenvalue weighted by Crippen LogP contribution is -2.44. The number of aryl methyl sites for hydroxylation is 1. The van der Waals surface area contributed by atoms with Gasteiger partial charge in [0.15, 0.2) is 0 Å². The van der Waals surface area contributed by atoms with E-state index in [4.69, 9.17) is 0 Å².